The Morgan fingerprint density at radius 3 is 2.63 bits per heavy atom. The van der Waals surface area contributed by atoms with Gasteiger partial charge >= 0.3 is 0 Å². The van der Waals surface area contributed by atoms with E-state index in [0.29, 0.717) is 0 Å². The van der Waals surface area contributed by atoms with E-state index in [1.54, 1.807) is 22.9 Å². The number of primary amides is 1. The van der Waals surface area contributed by atoms with Gasteiger partial charge in [0.1, 0.15) is 12.4 Å². The van der Waals surface area contributed by atoms with Crippen molar-refractivity contribution in [3.8, 4) is 22.4 Å². The van der Waals surface area contributed by atoms with Crippen LogP contribution in [0.1, 0.15) is 0 Å². The van der Waals surface area contributed by atoms with Crippen LogP contribution in [0.3, 0.4) is 0 Å². The molecule has 1 amide bonds. The molecule has 4 rings (SSSR count). The number of pyridine rings is 1. The maximum Gasteiger partial charge on any atom is 0.237 e. The van der Waals surface area contributed by atoms with Crippen LogP contribution in [0.2, 0.25) is 5.02 Å². The molecule has 0 unspecified atom stereocenters. The Bertz CT molecular complexity index is 1170. The minimum atomic E-state index is -0.463. The summed E-state index contributed by atoms with van der Waals surface area (Å²) in [6.45, 7) is 0.135. The van der Waals surface area contributed by atoms with Gasteiger partial charge in [-0.15, -0.1) is 0 Å². The van der Waals surface area contributed by atoms with E-state index in [9.17, 15) is 9.18 Å². The van der Waals surface area contributed by atoms with Crippen molar-refractivity contribution < 1.29 is 9.18 Å². The van der Waals surface area contributed by atoms with Gasteiger partial charge in [-0.25, -0.2) is 4.39 Å². The highest BCUT2D eigenvalue weighted by molar-refractivity contribution is 6.31. The summed E-state index contributed by atoms with van der Waals surface area (Å²) in [6, 6.07) is 14.4. The number of rotatable bonds is 4. The predicted octanol–water partition coefficient (Wildman–Crippen LogP) is 4.65. The molecule has 0 saturated heterocycles. The van der Waals surface area contributed by atoms with Gasteiger partial charge < -0.3 is 10.3 Å². The van der Waals surface area contributed by atoms with Crippen molar-refractivity contribution in [2.24, 2.45) is 5.73 Å². The molecule has 2 aromatic carbocycles. The maximum absolute atomic E-state index is 13.5. The molecule has 2 heterocycles. The zero-order valence-corrected chi connectivity index (χ0v) is 14.9. The van der Waals surface area contributed by atoms with E-state index in [1.807, 2.05) is 42.7 Å². The third-order valence-corrected chi connectivity index (χ3v) is 4.64. The summed E-state index contributed by atoms with van der Waals surface area (Å²) in [5.74, 6) is -0.853. The Balaban J connectivity index is 1.81. The van der Waals surface area contributed by atoms with Crippen LogP contribution in [0.5, 0.6) is 0 Å². The molecule has 27 heavy (non-hydrogen) atoms. The van der Waals surface area contributed by atoms with E-state index in [2.05, 4.69) is 4.98 Å². The average molecular weight is 380 g/mol. The standard InChI is InChI=1S/C21H15ClFN3O/c22-18-9-14(5-6-19(18)23)21-17(2-1-7-25-21)13-3-4-15-10-26(12-20(24)27)11-16(15)8-13/h1-11H,12H2,(H2,24,27). The van der Waals surface area contributed by atoms with E-state index in [-0.39, 0.29) is 11.6 Å². The van der Waals surface area contributed by atoms with Gasteiger partial charge in [0, 0.05) is 29.7 Å². The lowest BCUT2D eigenvalue weighted by atomic mass is 9.98. The molecular formula is C21H15ClFN3O. The van der Waals surface area contributed by atoms with Crippen molar-refractivity contribution in [2.45, 2.75) is 6.54 Å². The van der Waals surface area contributed by atoms with E-state index in [4.69, 9.17) is 17.3 Å². The number of hydrogen-bond donors (Lipinski definition) is 1. The first-order valence-corrected chi connectivity index (χ1v) is 8.68. The molecule has 0 atom stereocenters. The van der Waals surface area contributed by atoms with Crippen molar-refractivity contribution in [3.63, 3.8) is 0 Å². The summed E-state index contributed by atoms with van der Waals surface area (Å²) in [5, 5.41) is 2.05. The Morgan fingerprint density at radius 2 is 1.85 bits per heavy atom. The molecule has 0 radical (unpaired) electrons. The highest BCUT2D eigenvalue weighted by Gasteiger charge is 2.12. The highest BCUT2D eigenvalue weighted by Crippen LogP contribution is 2.33. The Hall–Kier alpha value is -3.18. The minimum Gasteiger partial charge on any atom is -0.368 e. The largest absolute Gasteiger partial charge is 0.368 e. The predicted molar refractivity (Wildman–Crippen MR) is 105 cm³/mol. The number of halogens is 2. The first-order valence-electron chi connectivity index (χ1n) is 8.30. The smallest absolute Gasteiger partial charge is 0.237 e. The molecule has 0 fully saturated rings. The van der Waals surface area contributed by atoms with Gasteiger partial charge in [-0.1, -0.05) is 29.8 Å². The fourth-order valence-corrected chi connectivity index (χ4v) is 3.33. The normalized spacial score (nSPS) is 11.0. The number of fused-ring (bicyclic) bond motifs is 1. The van der Waals surface area contributed by atoms with Gasteiger partial charge in [0.2, 0.25) is 5.91 Å². The molecule has 4 aromatic rings. The van der Waals surface area contributed by atoms with Gasteiger partial charge in [0.15, 0.2) is 0 Å². The summed E-state index contributed by atoms with van der Waals surface area (Å²) >= 11 is 5.94. The van der Waals surface area contributed by atoms with Crippen molar-refractivity contribution in [1.29, 1.82) is 0 Å². The number of benzene rings is 2. The molecule has 0 spiro atoms. The first kappa shape index (κ1) is 17.2. The van der Waals surface area contributed by atoms with Crippen LogP contribution in [-0.2, 0) is 11.3 Å². The second-order valence-electron chi connectivity index (χ2n) is 6.27. The van der Waals surface area contributed by atoms with E-state index < -0.39 is 11.7 Å². The number of carbonyl (C=O) groups is 1. The number of carbonyl (C=O) groups excluding carboxylic acids is 1. The quantitative estimate of drug-likeness (QED) is 0.561. The van der Waals surface area contributed by atoms with Crippen LogP contribution in [-0.4, -0.2) is 15.5 Å². The molecule has 0 aliphatic heterocycles. The van der Waals surface area contributed by atoms with E-state index in [0.717, 1.165) is 33.2 Å². The lowest BCUT2D eigenvalue weighted by Crippen LogP contribution is -2.17. The zero-order chi connectivity index (χ0) is 19.0. The van der Waals surface area contributed by atoms with Crippen LogP contribution < -0.4 is 5.73 Å². The summed E-state index contributed by atoms with van der Waals surface area (Å²) in [5.41, 5.74) is 8.59. The summed E-state index contributed by atoms with van der Waals surface area (Å²) in [7, 11) is 0. The average Bonchev–Trinajstić information content (AvgIpc) is 3.04. The lowest BCUT2D eigenvalue weighted by molar-refractivity contribution is -0.118. The first-order chi connectivity index (χ1) is 13.0. The van der Waals surface area contributed by atoms with Crippen molar-refractivity contribution >= 4 is 28.3 Å². The molecule has 2 N–H and O–H groups in total. The van der Waals surface area contributed by atoms with Gasteiger partial charge in [-0.05, 0) is 46.7 Å². The number of amides is 1. The van der Waals surface area contributed by atoms with Crippen molar-refractivity contribution in [3.05, 3.63) is 78.0 Å². The minimum absolute atomic E-state index is 0.0584. The van der Waals surface area contributed by atoms with Crippen LogP contribution in [0.4, 0.5) is 4.39 Å². The third-order valence-electron chi connectivity index (χ3n) is 4.35. The summed E-state index contributed by atoms with van der Waals surface area (Å²) in [4.78, 5) is 15.6. The van der Waals surface area contributed by atoms with Gasteiger partial charge in [-0.3, -0.25) is 9.78 Å². The molecule has 4 nitrogen and oxygen atoms in total. The number of aromatic nitrogens is 2. The number of nitrogens with zero attached hydrogens (tertiary/aromatic N) is 2. The monoisotopic (exact) mass is 379 g/mol. The highest BCUT2D eigenvalue weighted by atomic mass is 35.5. The lowest BCUT2D eigenvalue weighted by Gasteiger charge is -2.10. The zero-order valence-electron chi connectivity index (χ0n) is 14.2. The van der Waals surface area contributed by atoms with Gasteiger partial charge in [0.05, 0.1) is 10.7 Å². The van der Waals surface area contributed by atoms with Crippen molar-refractivity contribution in [2.75, 3.05) is 0 Å². The fraction of sp³-hybridized carbons (Fsp3) is 0.0476. The third kappa shape index (κ3) is 3.41. The Morgan fingerprint density at radius 1 is 1.07 bits per heavy atom. The SMILES string of the molecule is NC(=O)Cn1cc2ccc(-c3cccnc3-c3ccc(F)c(Cl)c3)cc2c1. The fourth-order valence-electron chi connectivity index (χ4n) is 3.15. The second kappa shape index (κ2) is 6.85. The molecule has 0 aliphatic rings. The van der Waals surface area contributed by atoms with E-state index in [1.165, 1.54) is 6.07 Å². The van der Waals surface area contributed by atoms with E-state index >= 15 is 0 Å². The van der Waals surface area contributed by atoms with Crippen molar-refractivity contribution in [1.82, 2.24) is 9.55 Å². The Kier molecular flexibility index (Phi) is 4.38. The second-order valence-corrected chi connectivity index (χ2v) is 6.68. The molecule has 6 heteroatoms. The molecular weight excluding hydrogens is 365 g/mol. The molecule has 0 aliphatic carbocycles. The summed E-state index contributed by atoms with van der Waals surface area (Å²) < 4.78 is 15.3. The number of nitrogens with two attached hydrogens (primary N) is 1. The molecule has 0 saturated carbocycles. The van der Waals surface area contributed by atoms with Crippen LogP contribution in [0, 0.1) is 5.82 Å². The Labute approximate surface area is 160 Å². The van der Waals surface area contributed by atoms with Gasteiger partial charge in [0.25, 0.3) is 0 Å². The van der Waals surface area contributed by atoms with Gasteiger partial charge in [-0.2, -0.15) is 0 Å². The summed E-state index contributed by atoms with van der Waals surface area (Å²) in [6.07, 6.45) is 5.46. The van der Waals surface area contributed by atoms with Crippen LogP contribution >= 0.6 is 11.6 Å². The number of hydrogen-bond acceptors (Lipinski definition) is 2. The van der Waals surface area contributed by atoms with Crippen LogP contribution in [0.15, 0.2) is 67.1 Å². The topological polar surface area (TPSA) is 60.9 Å². The molecule has 0 bridgehead atoms. The molecule has 134 valence electrons. The maximum atomic E-state index is 13.5. The molecule has 2 aromatic heterocycles. The van der Waals surface area contributed by atoms with Crippen LogP contribution in [0.25, 0.3) is 33.2 Å².